The molecule has 0 aromatic carbocycles. The van der Waals surface area contributed by atoms with Gasteiger partial charge in [-0.25, -0.2) is 0 Å². The van der Waals surface area contributed by atoms with Gasteiger partial charge in [-0.3, -0.25) is 0 Å². The third kappa shape index (κ3) is 5.88. The van der Waals surface area contributed by atoms with E-state index >= 15 is 0 Å². The Bertz CT molecular complexity index is 274. The number of nitrogens with one attached hydrogen (secondary N) is 1. The predicted octanol–water partition coefficient (Wildman–Crippen LogP) is 2.82. The Labute approximate surface area is 132 Å². The van der Waals surface area contributed by atoms with Gasteiger partial charge in [0.05, 0.1) is 0 Å². The highest BCUT2D eigenvalue weighted by Crippen LogP contribution is 2.19. The van der Waals surface area contributed by atoms with E-state index in [1.807, 2.05) is 0 Å². The van der Waals surface area contributed by atoms with Crippen molar-refractivity contribution in [3.63, 3.8) is 0 Å². The van der Waals surface area contributed by atoms with Gasteiger partial charge in [-0.2, -0.15) is 0 Å². The van der Waals surface area contributed by atoms with Crippen molar-refractivity contribution in [1.82, 2.24) is 15.1 Å². The molecule has 0 amide bonds. The first kappa shape index (κ1) is 17.2. The zero-order chi connectivity index (χ0) is 15.1. The summed E-state index contributed by atoms with van der Waals surface area (Å²) in [6.07, 6.45) is 6.91. The average Bonchev–Trinajstić information content (AvgIpc) is 2.53. The van der Waals surface area contributed by atoms with Gasteiger partial charge >= 0.3 is 0 Å². The fourth-order valence-corrected chi connectivity index (χ4v) is 3.87. The minimum atomic E-state index is 0.681. The van der Waals surface area contributed by atoms with Crippen LogP contribution in [-0.4, -0.2) is 61.7 Å². The van der Waals surface area contributed by atoms with E-state index < -0.39 is 0 Å². The molecule has 2 unspecified atom stereocenters. The molecule has 0 spiro atoms. The second-order valence-corrected chi connectivity index (χ2v) is 7.42. The molecule has 0 aromatic rings. The minimum Gasteiger partial charge on any atom is -0.314 e. The van der Waals surface area contributed by atoms with Gasteiger partial charge in [0.1, 0.15) is 0 Å². The third-order valence-corrected chi connectivity index (χ3v) is 5.69. The molecule has 3 nitrogen and oxygen atoms in total. The Morgan fingerprint density at radius 2 is 1.86 bits per heavy atom. The predicted molar refractivity (Wildman–Crippen MR) is 91.8 cm³/mol. The molecular weight excluding hydrogens is 258 g/mol. The highest BCUT2D eigenvalue weighted by Gasteiger charge is 2.23. The van der Waals surface area contributed by atoms with Gasteiger partial charge in [-0.05, 0) is 90.1 Å². The lowest BCUT2D eigenvalue weighted by Gasteiger charge is -2.35. The largest absolute Gasteiger partial charge is 0.314 e. The van der Waals surface area contributed by atoms with Crippen molar-refractivity contribution in [2.45, 2.75) is 58.9 Å². The summed E-state index contributed by atoms with van der Waals surface area (Å²) in [6.45, 7) is 16.0. The van der Waals surface area contributed by atoms with Crippen molar-refractivity contribution >= 4 is 0 Å². The lowest BCUT2D eigenvalue weighted by Crippen LogP contribution is -2.45. The molecule has 124 valence electrons. The van der Waals surface area contributed by atoms with Crippen LogP contribution in [0, 0.1) is 11.8 Å². The van der Waals surface area contributed by atoms with Gasteiger partial charge in [-0.15, -0.1) is 0 Å². The maximum absolute atomic E-state index is 3.79. The Morgan fingerprint density at radius 1 is 1.10 bits per heavy atom. The van der Waals surface area contributed by atoms with Gasteiger partial charge in [-0.1, -0.05) is 13.8 Å². The molecule has 2 heterocycles. The molecule has 0 aliphatic carbocycles. The summed E-state index contributed by atoms with van der Waals surface area (Å²) in [5.74, 6) is 1.81. The van der Waals surface area contributed by atoms with E-state index in [4.69, 9.17) is 0 Å². The number of likely N-dealkylation sites (tertiary alicyclic amines) is 2. The topological polar surface area (TPSA) is 18.5 Å². The van der Waals surface area contributed by atoms with Crippen LogP contribution in [0.1, 0.15) is 52.9 Å². The Hall–Kier alpha value is -0.120. The molecule has 2 aliphatic heterocycles. The molecule has 0 bridgehead atoms. The highest BCUT2D eigenvalue weighted by atomic mass is 15.1. The summed E-state index contributed by atoms with van der Waals surface area (Å²) < 4.78 is 0. The van der Waals surface area contributed by atoms with E-state index in [1.54, 1.807) is 0 Å². The first-order chi connectivity index (χ1) is 10.2. The van der Waals surface area contributed by atoms with E-state index in [1.165, 1.54) is 77.9 Å². The number of hydrogen-bond acceptors (Lipinski definition) is 3. The van der Waals surface area contributed by atoms with Gasteiger partial charge < -0.3 is 15.1 Å². The summed E-state index contributed by atoms with van der Waals surface area (Å²) in [7, 11) is 0. The quantitative estimate of drug-likeness (QED) is 0.729. The van der Waals surface area contributed by atoms with Crippen molar-refractivity contribution in [3.05, 3.63) is 0 Å². The number of nitrogens with zero attached hydrogens (tertiary/aromatic N) is 2. The molecule has 2 aliphatic rings. The molecule has 21 heavy (non-hydrogen) atoms. The SMILES string of the molecule is CCN1CCCC(C(C)NCCCN2CCC(C)CC2)C1. The Balaban J connectivity index is 1.55. The smallest absolute Gasteiger partial charge is 0.00792 e. The zero-order valence-electron chi connectivity index (χ0n) is 14.6. The first-order valence-electron chi connectivity index (χ1n) is 9.37. The summed E-state index contributed by atoms with van der Waals surface area (Å²) in [4.78, 5) is 5.27. The molecule has 1 N–H and O–H groups in total. The average molecular weight is 296 g/mol. The second-order valence-electron chi connectivity index (χ2n) is 7.42. The maximum atomic E-state index is 3.79. The number of rotatable bonds is 7. The molecule has 3 heteroatoms. The Morgan fingerprint density at radius 3 is 2.57 bits per heavy atom. The molecule has 2 saturated heterocycles. The van der Waals surface area contributed by atoms with Crippen molar-refractivity contribution in [2.75, 3.05) is 45.8 Å². The summed E-state index contributed by atoms with van der Waals surface area (Å²) >= 11 is 0. The van der Waals surface area contributed by atoms with Crippen molar-refractivity contribution < 1.29 is 0 Å². The molecule has 0 saturated carbocycles. The normalized spacial score (nSPS) is 27.9. The monoisotopic (exact) mass is 295 g/mol. The first-order valence-corrected chi connectivity index (χ1v) is 9.37. The van der Waals surface area contributed by atoms with Crippen LogP contribution in [0.3, 0.4) is 0 Å². The van der Waals surface area contributed by atoms with E-state index in [-0.39, 0.29) is 0 Å². The lowest BCUT2D eigenvalue weighted by atomic mass is 9.91. The van der Waals surface area contributed by atoms with Crippen LogP contribution in [0.5, 0.6) is 0 Å². The minimum absolute atomic E-state index is 0.681. The van der Waals surface area contributed by atoms with Crippen LogP contribution in [0.15, 0.2) is 0 Å². The van der Waals surface area contributed by atoms with E-state index in [2.05, 4.69) is 35.9 Å². The number of hydrogen-bond donors (Lipinski definition) is 1. The molecule has 2 atom stereocenters. The third-order valence-electron chi connectivity index (χ3n) is 5.69. The Kier molecular flexibility index (Phi) is 7.48. The molecule has 0 aromatic heterocycles. The van der Waals surface area contributed by atoms with Crippen LogP contribution >= 0.6 is 0 Å². The lowest BCUT2D eigenvalue weighted by molar-refractivity contribution is 0.155. The van der Waals surface area contributed by atoms with E-state index in [0.717, 1.165) is 11.8 Å². The van der Waals surface area contributed by atoms with E-state index in [0.29, 0.717) is 6.04 Å². The van der Waals surface area contributed by atoms with Gasteiger partial charge in [0.2, 0.25) is 0 Å². The standard InChI is InChI=1S/C18H37N3/c1-4-20-11-5-7-18(15-20)17(3)19-10-6-12-21-13-8-16(2)9-14-21/h16-19H,4-15H2,1-3H3. The molecular formula is C18H37N3. The summed E-state index contributed by atoms with van der Waals surface area (Å²) in [5, 5.41) is 3.79. The van der Waals surface area contributed by atoms with Crippen LogP contribution in [-0.2, 0) is 0 Å². The summed E-state index contributed by atoms with van der Waals surface area (Å²) in [6, 6.07) is 0.681. The van der Waals surface area contributed by atoms with Crippen LogP contribution in [0.4, 0.5) is 0 Å². The van der Waals surface area contributed by atoms with Crippen molar-refractivity contribution in [2.24, 2.45) is 11.8 Å². The van der Waals surface area contributed by atoms with Gasteiger partial charge in [0, 0.05) is 12.6 Å². The fourth-order valence-electron chi connectivity index (χ4n) is 3.87. The van der Waals surface area contributed by atoms with Crippen molar-refractivity contribution in [3.8, 4) is 0 Å². The molecule has 2 rings (SSSR count). The van der Waals surface area contributed by atoms with Crippen LogP contribution in [0.25, 0.3) is 0 Å². The zero-order valence-corrected chi connectivity index (χ0v) is 14.6. The molecule has 2 fully saturated rings. The highest BCUT2D eigenvalue weighted by molar-refractivity contribution is 4.80. The van der Waals surface area contributed by atoms with Gasteiger partial charge in [0.15, 0.2) is 0 Å². The maximum Gasteiger partial charge on any atom is 0.00792 e. The van der Waals surface area contributed by atoms with Crippen LogP contribution in [0.2, 0.25) is 0 Å². The summed E-state index contributed by atoms with van der Waals surface area (Å²) in [5.41, 5.74) is 0. The molecule has 0 radical (unpaired) electrons. The van der Waals surface area contributed by atoms with Gasteiger partial charge in [0.25, 0.3) is 0 Å². The van der Waals surface area contributed by atoms with Crippen LogP contribution < -0.4 is 5.32 Å². The fraction of sp³-hybridized carbons (Fsp3) is 1.00. The second kappa shape index (κ2) is 9.12. The van der Waals surface area contributed by atoms with Crippen molar-refractivity contribution in [1.29, 1.82) is 0 Å². The number of piperidine rings is 2. The van der Waals surface area contributed by atoms with E-state index in [9.17, 15) is 0 Å².